The van der Waals surface area contributed by atoms with Crippen molar-refractivity contribution in [2.75, 3.05) is 20.2 Å². The Labute approximate surface area is 120 Å². The highest BCUT2D eigenvalue weighted by Gasteiger charge is 2.35. The van der Waals surface area contributed by atoms with Gasteiger partial charge in [-0.15, -0.1) is 0 Å². The van der Waals surface area contributed by atoms with Crippen LogP contribution >= 0.6 is 0 Å². The minimum Gasteiger partial charge on any atom is -0.496 e. The number of fused-ring (bicyclic) bond motifs is 1. The molecule has 1 aromatic carbocycles. The summed E-state index contributed by atoms with van der Waals surface area (Å²) in [6, 6.07) is 4.68. The van der Waals surface area contributed by atoms with Gasteiger partial charge in [0.15, 0.2) is 0 Å². The second-order valence-corrected chi connectivity index (χ2v) is 5.86. The summed E-state index contributed by atoms with van der Waals surface area (Å²) in [6.07, 6.45) is 2.25. The first-order valence-electron chi connectivity index (χ1n) is 7.51. The SMILES string of the molecule is CCN1CCC(N)C1c1cc2c(cc1OC)CC(C)O2. The Hall–Kier alpha value is -1.26. The summed E-state index contributed by atoms with van der Waals surface area (Å²) in [5.74, 6) is 1.95. The van der Waals surface area contributed by atoms with E-state index in [-0.39, 0.29) is 18.2 Å². The molecule has 20 heavy (non-hydrogen) atoms. The van der Waals surface area contributed by atoms with E-state index in [1.807, 2.05) is 0 Å². The highest BCUT2D eigenvalue weighted by atomic mass is 16.5. The fourth-order valence-corrected chi connectivity index (χ4v) is 3.53. The topological polar surface area (TPSA) is 47.7 Å². The quantitative estimate of drug-likeness (QED) is 0.918. The summed E-state index contributed by atoms with van der Waals surface area (Å²) in [7, 11) is 1.74. The molecule has 4 heteroatoms. The zero-order chi connectivity index (χ0) is 14.3. The molecule has 0 bridgehead atoms. The van der Waals surface area contributed by atoms with Gasteiger partial charge in [-0.25, -0.2) is 0 Å². The highest BCUT2D eigenvalue weighted by Crippen LogP contribution is 2.42. The van der Waals surface area contributed by atoms with E-state index < -0.39 is 0 Å². The van der Waals surface area contributed by atoms with Gasteiger partial charge in [0.2, 0.25) is 0 Å². The molecule has 3 unspecified atom stereocenters. The lowest BCUT2D eigenvalue weighted by atomic mass is 9.97. The van der Waals surface area contributed by atoms with Gasteiger partial charge in [-0.3, -0.25) is 4.90 Å². The molecule has 110 valence electrons. The fraction of sp³-hybridized carbons (Fsp3) is 0.625. The number of nitrogens with zero attached hydrogens (tertiary/aromatic N) is 1. The van der Waals surface area contributed by atoms with Crippen molar-refractivity contribution in [2.24, 2.45) is 5.73 Å². The second-order valence-electron chi connectivity index (χ2n) is 5.86. The van der Waals surface area contributed by atoms with E-state index in [2.05, 4.69) is 30.9 Å². The van der Waals surface area contributed by atoms with Gasteiger partial charge in [-0.2, -0.15) is 0 Å². The number of rotatable bonds is 3. The molecule has 2 heterocycles. The van der Waals surface area contributed by atoms with E-state index in [1.165, 1.54) is 11.1 Å². The number of hydrogen-bond donors (Lipinski definition) is 1. The number of hydrogen-bond acceptors (Lipinski definition) is 4. The highest BCUT2D eigenvalue weighted by molar-refractivity contribution is 5.50. The van der Waals surface area contributed by atoms with E-state index in [4.69, 9.17) is 15.2 Å². The fourth-order valence-electron chi connectivity index (χ4n) is 3.53. The van der Waals surface area contributed by atoms with Gasteiger partial charge in [0.05, 0.1) is 13.2 Å². The number of benzene rings is 1. The maximum absolute atomic E-state index is 6.34. The van der Waals surface area contributed by atoms with Crippen LogP contribution in [0.1, 0.15) is 37.4 Å². The lowest BCUT2D eigenvalue weighted by Gasteiger charge is -2.27. The number of likely N-dealkylation sites (tertiary alicyclic amines) is 1. The minimum atomic E-state index is 0.167. The Balaban J connectivity index is 2.02. The average molecular weight is 276 g/mol. The van der Waals surface area contributed by atoms with Gasteiger partial charge in [-0.1, -0.05) is 6.92 Å². The zero-order valence-corrected chi connectivity index (χ0v) is 12.6. The van der Waals surface area contributed by atoms with Crippen LogP contribution in [-0.4, -0.2) is 37.2 Å². The van der Waals surface area contributed by atoms with E-state index in [1.54, 1.807) is 7.11 Å². The molecule has 0 radical (unpaired) electrons. The smallest absolute Gasteiger partial charge is 0.124 e. The third-order valence-electron chi connectivity index (χ3n) is 4.52. The van der Waals surface area contributed by atoms with E-state index in [9.17, 15) is 0 Å². The predicted octanol–water partition coefficient (Wildman–Crippen LogP) is 2.11. The zero-order valence-electron chi connectivity index (χ0n) is 12.6. The van der Waals surface area contributed by atoms with Crippen molar-refractivity contribution in [3.63, 3.8) is 0 Å². The standard InChI is InChI=1S/C16H24N2O2/c1-4-18-6-5-13(17)16(18)12-9-14-11(7-10(2)20-14)8-15(12)19-3/h8-10,13,16H,4-7,17H2,1-3H3. The Bertz CT molecular complexity index is 503. The van der Waals surface area contributed by atoms with Crippen molar-refractivity contribution in [3.05, 3.63) is 23.3 Å². The van der Waals surface area contributed by atoms with Gasteiger partial charge < -0.3 is 15.2 Å². The van der Waals surface area contributed by atoms with Crippen LogP contribution in [0, 0.1) is 0 Å². The van der Waals surface area contributed by atoms with E-state index in [0.29, 0.717) is 0 Å². The Morgan fingerprint density at radius 1 is 1.45 bits per heavy atom. The van der Waals surface area contributed by atoms with Gasteiger partial charge in [0.1, 0.15) is 17.6 Å². The number of ether oxygens (including phenoxy) is 2. The Morgan fingerprint density at radius 3 is 2.95 bits per heavy atom. The van der Waals surface area contributed by atoms with Crippen LogP contribution in [0.5, 0.6) is 11.5 Å². The molecular formula is C16H24N2O2. The summed E-state index contributed by atoms with van der Waals surface area (Å²) >= 11 is 0. The molecule has 0 aliphatic carbocycles. The number of methoxy groups -OCH3 is 1. The van der Waals surface area contributed by atoms with Crippen LogP contribution in [0.3, 0.4) is 0 Å². The van der Waals surface area contributed by atoms with Crippen LogP contribution in [0.15, 0.2) is 12.1 Å². The first kappa shape index (κ1) is 13.7. The lowest BCUT2D eigenvalue weighted by Crippen LogP contribution is -2.32. The van der Waals surface area contributed by atoms with Crippen LogP contribution < -0.4 is 15.2 Å². The van der Waals surface area contributed by atoms with Crippen molar-refractivity contribution in [3.8, 4) is 11.5 Å². The first-order chi connectivity index (χ1) is 9.63. The molecule has 4 nitrogen and oxygen atoms in total. The van der Waals surface area contributed by atoms with Crippen molar-refractivity contribution in [1.82, 2.24) is 4.90 Å². The molecular weight excluding hydrogens is 252 g/mol. The van der Waals surface area contributed by atoms with Crippen molar-refractivity contribution in [1.29, 1.82) is 0 Å². The molecule has 0 aromatic heterocycles. The monoisotopic (exact) mass is 276 g/mol. The summed E-state index contributed by atoms with van der Waals surface area (Å²) in [5.41, 5.74) is 8.75. The summed E-state index contributed by atoms with van der Waals surface area (Å²) < 4.78 is 11.5. The summed E-state index contributed by atoms with van der Waals surface area (Å²) in [5, 5.41) is 0. The minimum absolute atomic E-state index is 0.167. The molecule has 2 aliphatic rings. The Morgan fingerprint density at radius 2 is 2.25 bits per heavy atom. The maximum atomic E-state index is 6.34. The van der Waals surface area contributed by atoms with Gasteiger partial charge in [0.25, 0.3) is 0 Å². The molecule has 1 aromatic rings. The molecule has 0 spiro atoms. The molecule has 1 fully saturated rings. The van der Waals surface area contributed by atoms with Crippen LogP contribution in [0.2, 0.25) is 0 Å². The molecule has 1 saturated heterocycles. The van der Waals surface area contributed by atoms with Crippen molar-refractivity contribution in [2.45, 2.75) is 44.9 Å². The van der Waals surface area contributed by atoms with Crippen molar-refractivity contribution < 1.29 is 9.47 Å². The summed E-state index contributed by atoms with van der Waals surface area (Å²) in [6.45, 7) is 6.35. The van der Waals surface area contributed by atoms with E-state index >= 15 is 0 Å². The third-order valence-corrected chi connectivity index (χ3v) is 4.52. The predicted molar refractivity (Wildman–Crippen MR) is 79.4 cm³/mol. The van der Waals surface area contributed by atoms with E-state index in [0.717, 1.165) is 37.4 Å². The van der Waals surface area contributed by atoms with Crippen LogP contribution in [0.25, 0.3) is 0 Å². The molecule has 3 atom stereocenters. The largest absolute Gasteiger partial charge is 0.496 e. The normalized spacial score (nSPS) is 29.3. The molecule has 0 amide bonds. The molecule has 2 aliphatic heterocycles. The third kappa shape index (κ3) is 2.17. The number of nitrogens with two attached hydrogens (primary N) is 1. The Kier molecular flexibility index (Phi) is 3.61. The average Bonchev–Trinajstić information content (AvgIpc) is 2.98. The lowest BCUT2D eigenvalue weighted by molar-refractivity contribution is 0.246. The van der Waals surface area contributed by atoms with Crippen LogP contribution in [-0.2, 0) is 6.42 Å². The molecule has 0 saturated carbocycles. The molecule has 2 N–H and O–H groups in total. The van der Waals surface area contributed by atoms with Gasteiger partial charge in [0, 0.05) is 30.1 Å². The summed E-state index contributed by atoms with van der Waals surface area (Å²) in [4.78, 5) is 2.42. The van der Waals surface area contributed by atoms with Crippen LogP contribution in [0.4, 0.5) is 0 Å². The second kappa shape index (κ2) is 5.26. The van der Waals surface area contributed by atoms with Gasteiger partial charge >= 0.3 is 0 Å². The van der Waals surface area contributed by atoms with Gasteiger partial charge in [-0.05, 0) is 32.0 Å². The molecule has 3 rings (SSSR count). The number of likely N-dealkylation sites (N-methyl/N-ethyl adjacent to an activating group) is 1. The first-order valence-corrected chi connectivity index (χ1v) is 7.51. The maximum Gasteiger partial charge on any atom is 0.124 e. The van der Waals surface area contributed by atoms with Crippen molar-refractivity contribution >= 4 is 0 Å².